The lowest BCUT2D eigenvalue weighted by Gasteiger charge is -2.24. The molecule has 11 heteroatoms. The first-order valence-corrected chi connectivity index (χ1v) is 8.81. The van der Waals surface area contributed by atoms with E-state index in [2.05, 4.69) is 9.97 Å². The van der Waals surface area contributed by atoms with Crippen molar-refractivity contribution in [2.75, 3.05) is 18.1 Å². The first-order chi connectivity index (χ1) is 13.5. The smallest absolute Gasteiger partial charge is 0.421 e. The molecule has 2 rings (SSSR count). The molecule has 0 saturated carbocycles. The molecule has 29 heavy (non-hydrogen) atoms. The topological polar surface area (TPSA) is 98.4 Å². The van der Waals surface area contributed by atoms with Crippen LogP contribution in [-0.2, 0) is 11.0 Å². The molecular weight excluding hydrogens is 413 g/mol. The largest absolute Gasteiger partial charge is 0.475 e. The minimum atomic E-state index is -4.71. The van der Waals surface area contributed by atoms with E-state index in [9.17, 15) is 22.8 Å². The number of anilines is 1. The Kier molecular flexibility index (Phi) is 7.02. The molecule has 0 radical (unpaired) electrons. The lowest BCUT2D eigenvalue weighted by Crippen LogP contribution is -2.38. The van der Waals surface area contributed by atoms with E-state index in [4.69, 9.17) is 22.1 Å². The number of carbonyl (C=O) groups is 2. The first kappa shape index (κ1) is 22.4. The minimum absolute atomic E-state index is 0.128. The minimum Gasteiger partial charge on any atom is -0.475 e. The number of amides is 2. The van der Waals surface area contributed by atoms with Crippen LogP contribution >= 0.6 is 11.6 Å². The highest BCUT2D eigenvalue weighted by atomic mass is 35.5. The van der Waals surface area contributed by atoms with Crippen molar-refractivity contribution in [3.8, 4) is 5.88 Å². The summed E-state index contributed by atoms with van der Waals surface area (Å²) in [6.07, 6.45) is -2.38. The molecule has 0 unspecified atom stereocenters. The number of nitrogens with two attached hydrogens (primary N) is 1. The fraction of sp³-hybridized carbons (Fsp3) is 0.333. The molecule has 2 aromatic heterocycles. The molecule has 0 aliphatic rings. The highest BCUT2D eigenvalue weighted by Gasteiger charge is 2.35. The monoisotopic (exact) mass is 430 g/mol. The Morgan fingerprint density at radius 2 is 1.97 bits per heavy atom. The molecule has 0 bridgehead atoms. The van der Waals surface area contributed by atoms with E-state index in [1.54, 1.807) is 13.8 Å². The Labute approximate surface area is 169 Å². The van der Waals surface area contributed by atoms with Gasteiger partial charge in [-0.25, -0.2) is 9.97 Å². The predicted octanol–water partition coefficient (Wildman–Crippen LogP) is 3.32. The Balaban J connectivity index is 2.23. The molecule has 156 valence electrons. The third-order valence-electron chi connectivity index (χ3n) is 3.74. The second-order valence-corrected chi connectivity index (χ2v) is 6.70. The summed E-state index contributed by atoms with van der Waals surface area (Å²) < 4.78 is 44.6. The number of carbonyl (C=O) groups excluding carboxylic acids is 2. The predicted molar refractivity (Wildman–Crippen MR) is 99.7 cm³/mol. The van der Waals surface area contributed by atoms with Crippen LogP contribution in [0.2, 0.25) is 5.02 Å². The average molecular weight is 431 g/mol. The molecule has 2 N–H and O–H groups in total. The van der Waals surface area contributed by atoms with Crippen LogP contribution in [0, 0.1) is 5.92 Å². The molecule has 2 aromatic rings. The van der Waals surface area contributed by atoms with Gasteiger partial charge in [-0.05, 0) is 18.2 Å². The summed E-state index contributed by atoms with van der Waals surface area (Å²) in [4.78, 5) is 32.8. The number of alkyl halides is 3. The number of hydrogen-bond donors (Lipinski definition) is 1. The second kappa shape index (κ2) is 9.08. The maximum Gasteiger partial charge on any atom is 0.421 e. The van der Waals surface area contributed by atoms with Crippen molar-refractivity contribution >= 4 is 29.2 Å². The molecule has 0 spiro atoms. The molecule has 0 aliphatic heterocycles. The van der Waals surface area contributed by atoms with Gasteiger partial charge in [0.05, 0.1) is 11.6 Å². The summed E-state index contributed by atoms with van der Waals surface area (Å²) in [5.74, 6) is -2.03. The van der Waals surface area contributed by atoms with Crippen LogP contribution in [0.1, 0.15) is 29.8 Å². The van der Waals surface area contributed by atoms with Gasteiger partial charge in [0.1, 0.15) is 18.0 Å². The van der Waals surface area contributed by atoms with E-state index in [1.165, 1.54) is 23.2 Å². The normalized spacial score (nSPS) is 11.4. The Morgan fingerprint density at radius 1 is 1.28 bits per heavy atom. The standard InChI is InChI=1S/C18H18ClF3N4O3/c1-10(2)17(28)26(14-7-11(15(23)27)3-4-24-14)5-6-29-16-13(18(20,21)22)8-12(19)9-25-16/h3-4,7-10H,5-6H2,1-2H3,(H2,23,27). The third kappa shape index (κ3) is 5.80. The van der Waals surface area contributed by atoms with E-state index in [0.717, 1.165) is 6.20 Å². The van der Waals surface area contributed by atoms with Crippen LogP contribution in [0.3, 0.4) is 0 Å². The summed E-state index contributed by atoms with van der Waals surface area (Å²) in [6.45, 7) is 2.86. The second-order valence-electron chi connectivity index (χ2n) is 6.26. The van der Waals surface area contributed by atoms with Crippen LogP contribution in [0.15, 0.2) is 30.6 Å². The summed E-state index contributed by atoms with van der Waals surface area (Å²) in [7, 11) is 0. The maximum atomic E-state index is 13.1. The summed E-state index contributed by atoms with van der Waals surface area (Å²) in [5.41, 5.74) is 4.25. The number of primary amides is 1. The van der Waals surface area contributed by atoms with Crippen LogP contribution < -0.4 is 15.4 Å². The first-order valence-electron chi connectivity index (χ1n) is 8.43. The Hall–Kier alpha value is -2.88. The zero-order chi connectivity index (χ0) is 21.8. The molecule has 0 aromatic carbocycles. The number of nitrogens with zero attached hydrogens (tertiary/aromatic N) is 3. The van der Waals surface area contributed by atoms with E-state index in [0.29, 0.717) is 6.07 Å². The van der Waals surface area contributed by atoms with E-state index in [1.807, 2.05) is 0 Å². The van der Waals surface area contributed by atoms with Gasteiger partial charge >= 0.3 is 6.18 Å². The maximum absolute atomic E-state index is 13.1. The van der Waals surface area contributed by atoms with Crippen LogP contribution in [0.4, 0.5) is 19.0 Å². The molecule has 2 heterocycles. The van der Waals surface area contributed by atoms with Gasteiger partial charge in [-0.3, -0.25) is 14.5 Å². The van der Waals surface area contributed by atoms with Crippen LogP contribution in [0.5, 0.6) is 5.88 Å². The molecule has 0 fully saturated rings. The fourth-order valence-corrected chi connectivity index (χ4v) is 2.50. The van der Waals surface area contributed by atoms with Crippen LogP contribution in [0.25, 0.3) is 0 Å². The molecule has 2 amide bonds. The number of hydrogen-bond acceptors (Lipinski definition) is 5. The average Bonchev–Trinajstić information content (AvgIpc) is 2.65. The van der Waals surface area contributed by atoms with Crippen molar-refractivity contribution in [2.24, 2.45) is 11.7 Å². The van der Waals surface area contributed by atoms with Gasteiger partial charge in [-0.2, -0.15) is 13.2 Å². The van der Waals surface area contributed by atoms with Gasteiger partial charge in [0.15, 0.2) is 0 Å². The van der Waals surface area contributed by atoms with Crippen molar-refractivity contribution in [2.45, 2.75) is 20.0 Å². The number of rotatable bonds is 7. The SMILES string of the molecule is CC(C)C(=O)N(CCOc1ncc(Cl)cc1C(F)(F)F)c1cc(C(N)=O)ccn1. The number of ether oxygens (including phenoxy) is 1. The van der Waals surface area contributed by atoms with E-state index in [-0.39, 0.29) is 35.5 Å². The quantitative estimate of drug-likeness (QED) is 0.726. The van der Waals surface area contributed by atoms with Gasteiger partial charge in [-0.15, -0.1) is 0 Å². The van der Waals surface area contributed by atoms with Gasteiger partial charge in [0.25, 0.3) is 0 Å². The molecule has 0 saturated heterocycles. The molecule has 7 nitrogen and oxygen atoms in total. The zero-order valence-electron chi connectivity index (χ0n) is 15.5. The van der Waals surface area contributed by atoms with E-state index < -0.39 is 29.4 Å². The summed E-state index contributed by atoms with van der Waals surface area (Å²) >= 11 is 5.59. The Morgan fingerprint density at radius 3 is 2.55 bits per heavy atom. The van der Waals surface area contributed by atoms with Gasteiger partial charge < -0.3 is 10.5 Å². The van der Waals surface area contributed by atoms with Crippen molar-refractivity contribution in [1.82, 2.24) is 9.97 Å². The third-order valence-corrected chi connectivity index (χ3v) is 3.95. The lowest BCUT2D eigenvalue weighted by atomic mass is 10.1. The van der Waals surface area contributed by atoms with Crippen molar-refractivity contribution in [3.05, 3.63) is 46.7 Å². The Bertz CT molecular complexity index is 906. The van der Waals surface area contributed by atoms with Gasteiger partial charge in [0, 0.05) is 23.9 Å². The van der Waals surface area contributed by atoms with Crippen molar-refractivity contribution in [1.29, 1.82) is 0 Å². The zero-order valence-corrected chi connectivity index (χ0v) is 16.3. The van der Waals surface area contributed by atoms with Crippen molar-refractivity contribution in [3.63, 3.8) is 0 Å². The van der Waals surface area contributed by atoms with Gasteiger partial charge in [-0.1, -0.05) is 25.4 Å². The number of pyridine rings is 2. The highest BCUT2D eigenvalue weighted by molar-refractivity contribution is 6.30. The summed E-state index contributed by atoms with van der Waals surface area (Å²) in [6, 6.07) is 3.41. The van der Waals surface area contributed by atoms with Gasteiger partial charge in [0.2, 0.25) is 17.7 Å². The lowest BCUT2D eigenvalue weighted by molar-refractivity contribution is -0.139. The molecular formula is C18H18ClF3N4O3. The number of halogens is 4. The molecule has 0 aliphatic carbocycles. The van der Waals surface area contributed by atoms with E-state index >= 15 is 0 Å². The molecule has 0 atom stereocenters. The van der Waals surface area contributed by atoms with Crippen LogP contribution in [-0.4, -0.2) is 34.9 Å². The fourth-order valence-electron chi connectivity index (χ4n) is 2.35. The highest BCUT2D eigenvalue weighted by Crippen LogP contribution is 2.36. The summed E-state index contributed by atoms with van der Waals surface area (Å²) in [5, 5.41) is -0.186. The van der Waals surface area contributed by atoms with Crippen molar-refractivity contribution < 1.29 is 27.5 Å². The number of aromatic nitrogens is 2.